The highest BCUT2D eigenvalue weighted by atomic mass is 35.5. The molecule has 8 heteroatoms. The van der Waals surface area contributed by atoms with E-state index in [0.717, 1.165) is 16.8 Å². The molecule has 0 aliphatic heterocycles. The summed E-state index contributed by atoms with van der Waals surface area (Å²) in [6.45, 7) is 2.03. The van der Waals surface area contributed by atoms with E-state index in [1.54, 1.807) is 12.1 Å². The number of thioether (sulfide) groups is 1. The topological polar surface area (TPSA) is 85.8 Å². The summed E-state index contributed by atoms with van der Waals surface area (Å²) in [6.07, 6.45) is 0. The molecule has 0 spiro atoms. The van der Waals surface area contributed by atoms with E-state index in [4.69, 9.17) is 17.4 Å². The molecule has 6 nitrogen and oxygen atoms in total. The largest absolute Gasteiger partial charge is 0.294 e. The molecule has 1 heterocycles. The zero-order valence-corrected chi connectivity index (χ0v) is 15.0. The number of carbonyl (C=O) groups excluding carboxylic acids is 1. The fourth-order valence-electron chi connectivity index (χ4n) is 2.25. The number of nitrogens with two attached hydrogens (primary N) is 1. The van der Waals surface area contributed by atoms with Crippen LogP contribution in [0.4, 0.5) is 0 Å². The molecule has 0 unspecified atom stereocenters. The SMILES string of the molecule is Cc1ccc(-c2nnc(SCC(=O)NN)n2-c2ccc(Cl)cc2)cc1. The zero-order valence-electron chi connectivity index (χ0n) is 13.4. The number of aryl methyl sites for hydroxylation is 1. The van der Waals surface area contributed by atoms with E-state index in [2.05, 4.69) is 15.6 Å². The van der Waals surface area contributed by atoms with Crippen LogP contribution in [0.1, 0.15) is 5.56 Å². The minimum atomic E-state index is -0.285. The Hall–Kier alpha value is -2.35. The van der Waals surface area contributed by atoms with Crippen LogP contribution >= 0.6 is 23.4 Å². The molecule has 0 aliphatic rings. The van der Waals surface area contributed by atoms with Crippen molar-refractivity contribution in [3.8, 4) is 17.1 Å². The maximum absolute atomic E-state index is 11.5. The van der Waals surface area contributed by atoms with Crippen LogP contribution in [0.25, 0.3) is 17.1 Å². The molecule has 0 saturated carbocycles. The standard InChI is InChI=1S/C17H16ClN5OS/c1-11-2-4-12(5-3-11)16-21-22-17(25-10-15(24)20-19)23(16)14-8-6-13(18)7-9-14/h2-9H,10,19H2,1H3,(H,20,24). The molecule has 3 N–H and O–H groups in total. The number of benzene rings is 2. The van der Waals surface area contributed by atoms with E-state index in [0.29, 0.717) is 16.0 Å². The Labute approximate surface area is 154 Å². The van der Waals surface area contributed by atoms with Crippen LogP contribution in [0, 0.1) is 6.92 Å². The van der Waals surface area contributed by atoms with Crippen molar-refractivity contribution in [2.45, 2.75) is 12.1 Å². The van der Waals surface area contributed by atoms with Crippen molar-refractivity contribution in [1.29, 1.82) is 0 Å². The molecule has 2 aromatic carbocycles. The van der Waals surface area contributed by atoms with Gasteiger partial charge in [-0.1, -0.05) is 53.2 Å². The van der Waals surface area contributed by atoms with Crippen molar-refractivity contribution in [1.82, 2.24) is 20.2 Å². The molecule has 1 amide bonds. The smallest absolute Gasteiger partial charge is 0.244 e. The van der Waals surface area contributed by atoms with Gasteiger partial charge in [0.2, 0.25) is 5.91 Å². The number of aromatic nitrogens is 3. The van der Waals surface area contributed by atoms with Gasteiger partial charge in [0.15, 0.2) is 11.0 Å². The average molecular weight is 374 g/mol. The third kappa shape index (κ3) is 4.01. The van der Waals surface area contributed by atoms with Crippen LogP contribution in [-0.4, -0.2) is 26.4 Å². The van der Waals surface area contributed by atoms with Crippen molar-refractivity contribution in [2.75, 3.05) is 5.75 Å². The van der Waals surface area contributed by atoms with Gasteiger partial charge in [-0.15, -0.1) is 10.2 Å². The molecule has 0 saturated heterocycles. The number of hydrogen-bond acceptors (Lipinski definition) is 5. The number of hydrogen-bond donors (Lipinski definition) is 2. The van der Waals surface area contributed by atoms with Gasteiger partial charge in [-0.3, -0.25) is 14.8 Å². The second kappa shape index (κ2) is 7.69. The van der Waals surface area contributed by atoms with Crippen molar-refractivity contribution < 1.29 is 4.79 Å². The summed E-state index contributed by atoms with van der Waals surface area (Å²) in [7, 11) is 0. The first-order chi connectivity index (χ1) is 12.1. The minimum absolute atomic E-state index is 0.149. The maximum Gasteiger partial charge on any atom is 0.244 e. The third-order valence-corrected chi connectivity index (χ3v) is 4.70. The van der Waals surface area contributed by atoms with Crippen LogP contribution in [0.5, 0.6) is 0 Å². The highest BCUT2D eigenvalue weighted by Gasteiger charge is 2.17. The van der Waals surface area contributed by atoms with Gasteiger partial charge in [0, 0.05) is 16.3 Å². The fourth-order valence-corrected chi connectivity index (χ4v) is 3.14. The van der Waals surface area contributed by atoms with Crippen LogP contribution < -0.4 is 11.3 Å². The molecular formula is C17H16ClN5OS. The number of hydrazine groups is 1. The quantitative estimate of drug-likeness (QED) is 0.311. The lowest BCUT2D eigenvalue weighted by atomic mass is 10.1. The van der Waals surface area contributed by atoms with Crippen molar-refractivity contribution in [2.24, 2.45) is 5.84 Å². The number of nitrogens with one attached hydrogen (secondary N) is 1. The van der Waals surface area contributed by atoms with Crippen molar-refractivity contribution in [3.05, 3.63) is 59.1 Å². The van der Waals surface area contributed by atoms with E-state index >= 15 is 0 Å². The normalized spacial score (nSPS) is 10.7. The van der Waals surface area contributed by atoms with Crippen molar-refractivity contribution >= 4 is 29.3 Å². The number of rotatable bonds is 5. The molecule has 0 atom stereocenters. The first kappa shape index (κ1) is 17.5. The molecular weight excluding hydrogens is 358 g/mol. The summed E-state index contributed by atoms with van der Waals surface area (Å²) in [4.78, 5) is 11.5. The van der Waals surface area contributed by atoms with Crippen LogP contribution in [0.2, 0.25) is 5.02 Å². The predicted octanol–water partition coefficient (Wildman–Crippen LogP) is 2.98. The molecule has 0 fully saturated rings. The van der Waals surface area contributed by atoms with Crippen molar-refractivity contribution in [3.63, 3.8) is 0 Å². The molecule has 3 aromatic rings. The number of halogens is 1. The zero-order chi connectivity index (χ0) is 17.8. The Bertz CT molecular complexity index is 877. The highest BCUT2D eigenvalue weighted by molar-refractivity contribution is 7.99. The Morgan fingerprint density at radius 3 is 2.48 bits per heavy atom. The van der Waals surface area contributed by atoms with E-state index in [1.165, 1.54) is 11.8 Å². The lowest BCUT2D eigenvalue weighted by molar-refractivity contribution is -0.118. The van der Waals surface area contributed by atoms with E-state index in [-0.39, 0.29) is 11.7 Å². The lowest BCUT2D eigenvalue weighted by Gasteiger charge is -2.10. The summed E-state index contributed by atoms with van der Waals surface area (Å²) in [5.41, 5.74) is 5.07. The van der Waals surface area contributed by atoms with Gasteiger partial charge < -0.3 is 0 Å². The van der Waals surface area contributed by atoms with Gasteiger partial charge in [-0.2, -0.15) is 0 Å². The molecule has 1 aromatic heterocycles. The van der Waals surface area contributed by atoms with Crippen LogP contribution in [-0.2, 0) is 4.79 Å². The summed E-state index contributed by atoms with van der Waals surface area (Å²) >= 11 is 7.26. The van der Waals surface area contributed by atoms with Crippen LogP contribution in [0.3, 0.4) is 0 Å². The minimum Gasteiger partial charge on any atom is -0.294 e. The molecule has 128 valence electrons. The predicted molar refractivity (Wildman–Crippen MR) is 99.6 cm³/mol. The first-order valence-corrected chi connectivity index (χ1v) is 8.85. The number of amides is 1. The molecule has 0 aliphatic carbocycles. The maximum atomic E-state index is 11.5. The Kier molecular flexibility index (Phi) is 5.37. The Balaban J connectivity index is 2.05. The van der Waals surface area contributed by atoms with Gasteiger partial charge in [0.25, 0.3) is 0 Å². The second-order valence-electron chi connectivity index (χ2n) is 5.34. The number of carbonyl (C=O) groups is 1. The molecule has 25 heavy (non-hydrogen) atoms. The van der Waals surface area contributed by atoms with E-state index < -0.39 is 0 Å². The Morgan fingerprint density at radius 2 is 1.84 bits per heavy atom. The lowest BCUT2D eigenvalue weighted by Crippen LogP contribution is -2.31. The highest BCUT2D eigenvalue weighted by Crippen LogP contribution is 2.28. The second-order valence-corrected chi connectivity index (χ2v) is 6.72. The monoisotopic (exact) mass is 373 g/mol. The average Bonchev–Trinajstić information content (AvgIpc) is 3.05. The van der Waals surface area contributed by atoms with E-state index in [1.807, 2.05) is 47.9 Å². The molecule has 0 bridgehead atoms. The Morgan fingerprint density at radius 1 is 1.16 bits per heavy atom. The molecule has 3 rings (SSSR count). The van der Waals surface area contributed by atoms with Gasteiger partial charge >= 0.3 is 0 Å². The third-order valence-electron chi connectivity index (χ3n) is 3.52. The van der Waals surface area contributed by atoms with Gasteiger partial charge in [-0.05, 0) is 31.2 Å². The summed E-state index contributed by atoms with van der Waals surface area (Å²) in [5.74, 6) is 5.70. The van der Waals surface area contributed by atoms with Gasteiger partial charge in [0.05, 0.1) is 5.75 Å². The van der Waals surface area contributed by atoms with Crippen LogP contribution in [0.15, 0.2) is 53.7 Å². The van der Waals surface area contributed by atoms with E-state index in [9.17, 15) is 4.79 Å². The fraction of sp³-hybridized carbons (Fsp3) is 0.118. The van der Waals surface area contributed by atoms with Gasteiger partial charge in [-0.25, -0.2) is 5.84 Å². The van der Waals surface area contributed by atoms with Gasteiger partial charge in [0.1, 0.15) is 0 Å². The number of nitrogens with zero attached hydrogens (tertiary/aromatic N) is 3. The summed E-state index contributed by atoms with van der Waals surface area (Å²) in [6, 6.07) is 15.4. The first-order valence-electron chi connectivity index (χ1n) is 7.49. The molecule has 0 radical (unpaired) electrons. The summed E-state index contributed by atoms with van der Waals surface area (Å²) in [5, 5.41) is 9.80. The summed E-state index contributed by atoms with van der Waals surface area (Å²) < 4.78 is 1.90.